The number of rotatable bonds is 4. The van der Waals surface area contributed by atoms with E-state index in [0.29, 0.717) is 10.7 Å². The van der Waals surface area contributed by atoms with Crippen LogP contribution in [0, 0.1) is 12.7 Å². The predicted octanol–water partition coefficient (Wildman–Crippen LogP) is 4.17. The van der Waals surface area contributed by atoms with Crippen LogP contribution in [0.25, 0.3) is 5.69 Å². The van der Waals surface area contributed by atoms with Gasteiger partial charge in [-0.25, -0.2) is 9.07 Å². The lowest BCUT2D eigenvalue weighted by molar-refractivity contribution is 0.0733. The third-order valence-electron chi connectivity index (χ3n) is 4.64. The molecule has 0 saturated carbocycles. The van der Waals surface area contributed by atoms with Crippen LogP contribution < -0.4 is 5.43 Å². The number of carbonyl (C=O) groups excluding carboxylic acids is 1. The highest BCUT2D eigenvalue weighted by Crippen LogP contribution is 2.22. The molecule has 28 heavy (non-hydrogen) atoms. The molecule has 5 nitrogen and oxygen atoms in total. The highest BCUT2D eigenvalue weighted by Gasteiger charge is 2.24. The molecule has 0 aliphatic carbocycles. The van der Waals surface area contributed by atoms with Crippen molar-refractivity contribution in [1.82, 2.24) is 14.7 Å². The molecule has 3 rings (SSSR count). The summed E-state index contributed by atoms with van der Waals surface area (Å²) in [5, 5.41) is 4.76. The van der Waals surface area contributed by atoms with Gasteiger partial charge in [0.2, 0.25) is 5.43 Å². The van der Waals surface area contributed by atoms with Gasteiger partial charge in [0.25, 0.3) is 5.91 Å². The minimum atomic E-state index is -0.544. The molecule has 0 N–H and O–H groups in total. The van der Waals surface area contributed by atoms with E-state index in [-0.39, 0.29) is 17.4 Å². The summed E-state index contributed by atoms with van der Waals surface area (Å²) in [5.74, 6) is -1.04. The zero-order chi connectivity index (χ0) is 20.4. The molecule has 2 aromatic carbocycles. The second kappa shape index (κ2) is 7.94. The standard InChI is InChI=1S/C21H19ClFN3O2/c1-13-12-19(27)20(24-26(13)18-7-5-4-6-17(18)23)21(28)25(3)14(2)15-8-10-16(22)11-9-15/h4-12,14H,1-3H3. The second-order valence-electron chi connectivity index (χ2n) is 6.51. The van der Waals surface area contributed by atoms with Crippen LogP contribution in [-0.4, -0.2) is 27.6 Å². The molecule has 1 aromatic heterocycles. The van der Waals surface area contributed by atoms with Crippen molar-refractivity contribution in [2.24, 2.45) is 0 Å². The first-order valence-corrected chi connectivity index (χ1v) is 9.06. The highest BCUT2D eigenvalue weighted by atomic mass is 35.5. The third-order valence-corrected chi connectivity index (χ3v) is 4.90. The van der Waals surface area contributed by atoms with Gasteiger partial charge in [0, 0.05) is 23.8 Å². The number of hydrogen-bond donors (Lipinski definition) is 0. The lowest BCUT2D eigenvalue weighted by Gasteiger charge is -2.25. The van der Waals surface area contributed by atoms with Crippen molar-refractivity contribution in [1.29, 1.82) is 0 Å². The van der Waals surface area contributed by atoms with Crippen molar-refractivity contribution >= 4 is 17.5 Å². The summed E-state index contributed by atoms with van der Waals surface area (Å²) in [4.78, 5) is 26.8. The number of amides is 1. The Kier molecular flexibility index (Phi) is 5.61. The number of halogens is 2. The van der Waals surface area contributed by atoms with Gasteiger partial charge in [0.15, 0.2) is 5.69 Å². The molecular weight excluding hydrogens is 381 g/mol. The maximum absolute atomic E-state index is 14.2. The van der Waals surface area contributed by atoms with Crippen LogP contribution in [0.2, 0.25) is 5.02 Å². The Balaban J connectivity index is 1.99. The van der Waals surface area contributed by atoms with Crippen LogP contribution in [0.5, 0.6) is 0 Å². The van der Waals surface area contributed by atoms with E-state index in [9.17, 15) is 14.0 Å². The van der Waals surface area contributed by atoms with Crippen molar-refractivity contribution < 1.29 is 9.18 Å². The molecule has 0 radical (unpaired) electrons. The molecule has 1 amide bonds. The number of aromatic nitrogens is 2. The van der Waals surface area contributed by atoms with E-state index in [1.807, 2.05) is 19.1 Å². The summed E-state index contributed by atoms with van der Waals surface area (Å²) < 4.78 is 15.5. The van der Waals surface area contributed by atoms with Crippen molar-refractivity contribution in [2.75, 3.05) is 7.05 Å². The molecule has 144 valence electrons. The maximum Gasteiger partial charge on any atom is 0.278 e. The van der Waals surface area contributed by atoms with Crippen LogP contribution in [0.3, 0.4) is 0 Å². The molecule has 1 unspecified atom stereocenters. The van der Waals surface area contributed by atoms with E-state index in [1.54, 1.807) is 38.2 Å². The highest BCUT2D eigenvalue weighted by molar-refractivity contribution is 6.30. The van der Waals surface area contributed by atoms with Gasteiger partial charge < -0.3 is 4.90 Å². The summed E-state index contributed by atoms with van der Waals surface area (Å²) in [5.41, 5.74) is 0.687. The summed E-state index contributed by atoms with van der Waals surface area (Å²) in [6.07, 6.45) is 0. The lowest BCUT2D eigenvalue weighted by atomic mass is 10.1. The monoisotopic (exact) mass is 399 g/mol. The van der Waals surface area contributed by atoms with Gasteiger partial charge in [-0.3, -0.25) is 9.59 Å². The van der Waals surface area contributed by atoms with E-state index < -0.39 is 17.2 Å². The molecule has 1 heterocycles. The number of para-hydroxylation sites is 1. The van der Waals surface area contributed by atoms with Crippen molar-refractivity contribution in [3.63, 3.8) is 0 Å². The minimum Gasteiger partial charge on any atom is -0.333 e. The van der Waals surface area contributed by atoms with Crippen molar-refractivity contribution in [3.8, 4) is 5.69 Å². The number of hydrogen-bond acceptors (Lipinski definition) is 3. The fourth-order valence-corrected chi connectivity index (χ4v) is 3.00. The van der Waals surface area contributed by atoms with Crippen LogP contribution in [-0.2, 0) is 0 Å². The SMILES string of the molecule is Cc1cc(=O)c(C(=O)N(C)C(C)c2ccc(Cl)cc2)nn1-c1ccccc1F. The van der Waals surface area contributed by atoms with Crippen LogP contribution in [0.1, 0.15) is 34.7 Å². The molecule has 3 aromatic rings. The molecule has 7 heteroatoms. The topological polar surface area (TPSA) is 55.2 Å². The van der Waals surface area contributed by atoms with Gasteiger partial charge in [-0.05, 0) is 43.7 Å². The molecule has 0 aliphatic heterocycles. The summed E-state index contributed by atoms with van der Waals surface area (Å²) in [6.45, 7) is 3.47. The van der Waals surface area contributed by atoms with Gasteiger partial charge >= 0.3 is 0 Å². The first kappa shape index (κ1) is 19.8. The van der Waals surface area contributed by atoms with E-state index >= 15 is 0 Å². The quantitative estimate of drug-likeness (QED) is 0.661. The van der Waals surface area contributed by atoms with Crippen molar-refractivity contribution in [2.45, 2.75) is 19.9 Å². The summed E-state index contributed by atoms with van der Waals surface area (Å²) >= 11 is 5.91. The van der Waals surface area contributed by atoms with Crippen molar-refractivity contribution in [3.05, 3.63) is 92.6 Å². The van der Waals surface area contributed by atoms with Gasteiger partial charge in [0.1, 0.15) is 11.5 Å². The van der Waals surface area contributed by atoms with E-state index in [2.05, 4.69) is 5.10 Å². The predicted molar refractivity (Wildman–Crippen MR) is 106 cm³/mol. The van der Waals surface area contributed by atoms with Gasteiger partial charge in [-0.2, -0.15) is 5.10 Å². The average molecular weight is 400 g/mol. The van der Waals surface area contributed by atoms with Crippen LogP contribution in [0.4, 0.5) is 4.39 Å². The number of nitrogens with zero attached hydrogens (tertiary/aromatic N) is 3. The Bertz CT molecular complexity index is 1080. The Labute approximate surface area is 167 Å². The molecule has 0 aliphatic rings. The second-order valence-corrected chi connectivity index (χ2v) is 6.94. The first-order valence-electron chi connectivity index (χ1n) is 8.68. The Hall–Kier alpha value is -2.99. The minimum absolute atomic E-state index is 0.169. The molecule has 0 fully saturated rings. The Morgan fingerprint density at radius 1 is 1.18 bits per heavy atom. The zero-order valence-electron chi connectivity index (χ0n) is 15.7. The smallest absolute Gasteiger partial charge is 0.278 e. The molecule has 0 spiro atoms. The molecular formula is C21H19ClFN3O2. The maximum atomic E-state index is 14.2. The number of aryl methyl sites for hydroxylation is 1. The Morgan fingerprint density at radius 3 is 2.46 bits per heavy atom. The summed E-state index contributed by atoms with van der Waals surface area (Å²) in [6, 6.07) is 14.1. The van der Waals surface area contributed by atoms with Crippen LogP contribution >= 0.6 is 11.6 Å². The molecule has 0 saturated heterocycles. The number of benzene rings is 2. The van der Waals surface area contributed by atoms with Gasteiger partial charge in [-0.1, -0.05) is 35.9 Å². The lowest BCUT2D eigenvalue weighted by Crippen LogP contribution is -2.35. The fraction of sp³-hybridized carbons (Fsp3) is 0.190. The summed E-state index contributed by atoms with van der Waals surface area (Å²) in [7, 11) is 1.59. The average Bonchev–Trinajstić information content (AvgIpc) is 2.68. The first-order chi connectivity index (χ1) is 13.3. The normalized spacial score (nSPS) is 11.9. The Morgan fingerprint density at radius 2 is 1.82 bits per heavy atom. The number of carbonyl (C=O) groups is 1. The van der Waals surface area contributed by atoms with Gasteiger partial charge in [0.05, 0.1) is 6.04 Å². The molecule has 0 bridgehead atoms. The van der Waals surface area contributed by atoms with E-state index in [4.69, 9.17) is 11.6 Å². The largest absolute Gasteiger partial charge is 0.333 e. The third kappa shape index (κ3) is 3.82. The van der Waals surface area contributed by atoms with Crippen LogP contribution in [0.15, 0.2) is 59.4 Å². The van der Waals surface area contributed by atoms with Gasteiger partial charge in [-0.15, -0.1) is 0 Å². The van der Waals surface area contributed by atoms with E-state index in [0.717, 1.165) is 5.56 Å². The molecule has 1 atom stereocenters. The fourth-order valence-electron chi connectivity index (χ4n) is 2.87. The van der Waals surface area contributed by atoms with E-state index in [1.165, 1.54) is 27.8 Å². The zero-order valence-corrected chi connectivity index (χ0v) is 16.4.